The van der Waals surface area contributed by atoms with Crippen LogP contribution in [0.3, 0.4) is 0 Å². The van der Waals surface area contributed by atoms with Gasteiger partial charge in [-0.3, -0.25) is 9.36 Å². The molecule has 1 aromatic heterocycles. The molecule has 0 radical (unpaired) electrons. The lowest BCUT2D eigenvalue weighted by atomic mass is 9.96. The number of carbonyl (C=O) groups is 1. The number of ether oxygens (including phenoxy) is 3. The number of hydrogen-bond donors (Lipinski definition) is 0. The van der Waals surface area contributed by atoms with E-state index >= 15 is 0 Å². The fourth-order valence-electron chi connectivity index (χ4n) is 4.04. The Balaban J connectivity index is 1.80. The summed E-state index contributed by atoms with van der Waals surface area (Å²) in [6.07, 6.45) is 4.43. The van der Waals surface area contributed by atoms with Gasteiger partial charge in [0, 0.05) is 0 Å². The van der Waals surface area contributed by atoms with Gasteiger partial charge >= 0.3 is 5.97 Å². The third-order valence-electron chi connectivity index (χ3n) is 5.73. The molecule has 1 unspecified atom stereocenters. The molecule has 1 aliphatic rings. The highest BCUT2D eigenvalue weighted by atomic mass is 32.1. The molecule has 0 spiro atoms. The second-order valence-electron chi connectivity index (χ2n) is 8.39. The molecule has 1 atom stereocenters. The molecule has 8 heteroatoms. The highest BCUT2D eigenvalue weighted by Crippen LogP contribution is 2.31. The summed E-state index contributed by atoms with van der Waals surface area (Å²) in [6, 6.07) is 14.3. The smallest absolute Gasteiger partial charge is 0.338 e. The van der Waals surface area contributed by atoms with Crippen molar-refractivity contribution in [2.75, 3.05) is 19.8 Å². The predicted molar refractivity (Wildman–Crippen MR) is 145 cm³/mol. The first kappa shape index (κ1) is 26.2. The number of carbonyl (C=O) groups excluding carboxylic acids is 1. The molecule has 0 aliphatic carbocycles. The number of nitrogens with zero attached hydrogens (tertiary/aromatic N) is 2. The molecule has 3 aromatic rings. The monoisotopic (exact) mass is 518 g/mol. The summed E-state index contributed by atoms with van der Waals surface area (Å²) in [4.78, 5) is 31.9. The van der Waals surface area contributed by atoms with Crippen molar-refractivity contribution in [2.45, 2.75) is 33.2 Å². The van der Waals surface area contributed by atoms with E-state index in [4.69, 9.17) is 14.2 Å². The highest BCUT2D eigenvalue weighted by molar-refractivity contribution is 7.07. The molecule has 2 heterocycles. The fraction of sp³-hybridized carbons (Fsp3) is 0.276. The topological polar surface area (TPSA) is 79.1 Å². The van der Waals surface area contributed by atoms with Crippen LogP contribution in [0.4, 0.5) is 0 Å². The fourth-order valence-corrected chi connectivity index (χ4v) is 5.09. The van der Waals surface area contributed by atoms with Crippen LogP contribution in [0.25, 0.3) is 6.08 Å². The van der Waals surface area contributed by atoms with Crippen molar-refractivity contribution in [2.24, 2.45) is 4.99 Å². The summed E-state index contributed by atoms with van der Waals surface area (Å²) in [5.74, 6) is 0.967. The number of benzene rings is 2. The number of allylic oxidation sites excluding steroid dienone is 1. The van der Waals surface area contributed by atoms with E-state index in [1.807, 2.05) is 54.6 Å². The first-order valence-electron chi connectivity index (χ1n) is 12.2. The van der Waals surface area contributed by atoms with E-state index in [9.17, 15) is 9.59 Å². The van der Waals surface area contributed by atoms with Crippen LogP contribution in [0.5, 0.6) is 11.5 Å². The first-order valence-corrected chi connectivity index (χ1v) is 13.0. The molecule has 0 amide bonds. The Morgan fingerprint density at radius 3 is 2.41 bits per heavy atom. The Morgan fingerprint density at radius 2 is 1.76 bits per heavy atom. The largest absolute Gasteiger partial charge is 0.494 e. The molecule has 0 saturated heterocycles. The van der Waals surface area contributed by atoms with Crippen LogP contribution in [0.2, 0.25) is 0 Å². The van der Waals surface area contributed by atoms with E-state index < -0.39 is 12.0 Å². The molecule has 0 N–H and O–H groups in total. The molecule has 4 rings (SSSR count). The lowest BCUT2D eigenvalue weighted by Crippen LogP contribution is -2.39. The quantitative estimate of drug-likeness (QED) is 0.298. The Morgan fingerprint density at radius 1 is 1.08 bits per heavy atom. The maximum Gasteiger partial charge on any atom is 0.338 e. The standard InChI is InChI=1S/C29H30N2O5S/c1-5-16-35-22-12-8-20(9-13-22)18-24-27(32)31-26(21-10-14-23(15-11-21)36-17-6-2)25(28(33)34-7-3)19(4)30-29(31)37-24/h6,8-15,18,26H,2,5,7,16-17H2,1,3-4H3. The zero-order chi connectivity index (χ0) is 26.4. The van der Waals surface area contributed by atoms with E-state index in [0.29, 0.717) is 39.6 Å². The summed E-state index contributed by atoms with van der Waals surface area (Å²) in [6.45, 7) is 10.5. The van der Waals surface area contributed by atoms with Crippen molar-refractivity contribution in [1.82, 2.24) is 4.57 Å². The van der Waals surface area contributed by atoms with Crippen LogP contribution >= 0.6 is 11.3 Å². The van der Waals surface area contributed by atoms with Crippen LogP contribution in [-0.2, 0) is 9.53 Å². The third-order valence-corrected chi connectivity index (χ3v) is 6.71. The van der Waals surface area contributed by atoms with Gasteiger partial charge in [0.25, 0.3) is 5.56 Å². The van der Waals surface area contributed by atoms with E-state index in [-0.39, 0.29) is 12.2 Å². The molecule has 0 saturated carbocycles. The number of hydrogen-bond acceptors (Lipinski definition) is 7. The average molecular weight is 519 g/mol. The lowest BCUT2D eigenvalue weighted by molar-refractivity contribution is -0.139. The summed E-state index contributed by atoms with van der Waals surface area (Å²) in [5, 5.41) is 0. The average Bonchev–Trinajstić information content (AvgIpc) is 3.20. The van der Waals surface area contributed by atoms with Gasteiger partial charge in [-0.15, -0.1) is 0 Å². The number of aromatic nitrogens is 1. The summed E-state index contributed by atoms with van der Waals surface area (Å²) in [5.41, 5.74) is 2.28. The zero-order valence-electron chi connectivity index (χ0n) is 21.2. The molecule has 2 aromatic carbocycles. The van der Waals surface area contributed by atoms with E-state index in [2.05, 4.69) is 18.5 Å². The second kappa shape index (κ2) is 11.9. The van der Waals surface area contributed by atoms with E-state index in [1.54, 1.807) is 24.5 Å². The maximum absolute atomic E-state index is 13.7. The van der Waals surface area contributed by atoms with Gasteiger partial charge in [0.05, 0.1) is 35.1 Å². The van der Waals surface area contributed by atoms with Gasteiger partial charge in [0.1, 0.15) is 18.1 Å². The molecule has 0 bridgehead atoms. The van der Waals surface area contributed by atoms with E-state index in [1.165, 1.54) is 11.3 Å². The van der Waals surface area contributed by atoms with E-state index in [0.717, 1.165) is 23.3 Å². The van der Waals surface area contributed by atoms with Gasteiger partial charge in [0.2, 0.25) is 0 Å². The Bertz CT molecular complexity index is 1480. The molecule has 37 heavy (non-hydrogen) atoms. The molecule has 1 aliphatic heterocycles. The van der Waals surface area contributed by atoms with Gasteiger partial charge in [0.15, 0.2) is 4.80 Å². The minimum atomic E-state index is -0.671. The molecular formula is C29H30N2O5S. The van der Waals surface area contributed by atoms with Gasteiger partial charge in [-0.1, -0.05) is 55.2 Å². The number of esters is 1. The molecule has 0 fully saturated rings. The van der Waals surface area contributed by atoms with Crippen LogP contribution in [0.1, 0.15) is 44.4 Å². The van der Waals surface area contributed by atoms with Crippen molar-refractivity contribution in [3.8, 4) is 11.5 Å². The number of rotatable bonds is 10. The van der Waals surface area contributed by atoms with Crippen LogP contribution in [0, 0.1) is 0 Å². The Labute approximate surface area is 219 Å². The number of thiazole rings is 1. The SMILES string of the molecule is C=CCOc1ccc(C2C(C(=O)OCC)=C(C)N=c3sc(=Cc4ccc(OCCC)cc4)c(=O)n32)cc1. The van der Waals surface area contributed by atoms with Gasteiger partial charge in [-0.05, 0) is 61.7 Å². The molecule has 192 valence electrons. The molecular weight excluding hydrogens is 488 g/mol. The summed E-state index contributed by atoms with van der Waals surface area (Å²) < 4.78 is 18.7. The maximum atomic E-state index is 13.7. The zero-order valence-corrected chi connectivity index (χ0v) is 22.0. The van der Waals surface area contributed by atoms with Gasteiger partial charge in [-0.25, -0.2) is 9.79 Å². The van der Waals surface area contributed by atoms with Crippen LogP contribution < -0.4 is 24.4 Å². The predicted octanol–water partition coefficient (Wildman–Crippen LogP) is 4.15. The minimum absolute atomic E-state index is 0.221. The first-order chi connectivity index (χ1) is 18.0. The van der Waals surface area contributed by atoms with Crippen molar-refractivity contribution >= 4 is 23.4 Å². The van der Waals surface area contributed by atoms with Crippen LogP contribution in [-0.4, -0.2) is 30.4 Å². The van der Waals surface area contributed by atoms with Crippen LogP contribution in [0.15, 0.2) is 82.2 Å². The summed E-state index contributed by atoms with van der Waals surface area (Å²) >= 11 is 1.29. The molecule has 7 nitrogen and oxygen atoms in total. The normalized spacial score (nSPS) is 15.1. The third kappa shape index (κ3) is 5.75. The highest BCUT2D eigenvalue weighted by Gasteiger charge is 2.33. The Kier molecular flexibility index (Phi) is 8.40. The number of fused-ring (bicyclic) bond motifs is 1. The van der Waals surface area contributed by atoms with Gasteiger partial charge < -0.3 is 14.2 Å². The Hall–Kier alpha value is -3.91. The van der Waals surface area contributed by atoms with Crippen molar-refractivity contribution in [3.05, 3.63) is 103 Å². The second-order valence-corrected chi connectivity index (χ2v) is 9.40. The minimum Gasteiger partial charge on any atom is -0.494 e. The van der Waals surface area contributed by atoms with Crippen molar-refractivity contribution in [3.63, 3.8) is 0 Å². The lowest BCUT2D eigenvalue weighted by Gasteiger charge is -2.24. The van der Waals surface area contributed by atoms with Gasteiger partial charge in [-0.2, -0.15) is 0 Å². The van der Waals surface area contributed by atoms with Crippen molar-refractivity contribution in [1.29, 1.82) is 0 Å². The van der Waals surface area contributed by atoms with Crippen molar-refractivity contribution < 1.29 is 19.0 Å². The summed E-state index contributed by atoms with van der Waals surface area (Å²) in [7, 11) is 0.